The first-order valence-electron chi connectivity index (χ1n) is 12.9. The van der Waals surface area contributed by atoms with Crippen LogP contribution >= 0.6 is 0 Å². The summed E-state index contributed by atoms with van der Waals surface area (Å²) in [6, 6.07) is 1.34. The van der Waals surface area contributed by atoms with Crippen molar-refractivity contribution in [3.63, 3.8) is 0 Å². The van der Waals surface area contributed by atoms with Gasteiger partial charge in [0.2, 0.25) is 0 Å². The second kappa shape index (κ2) is 8.48. The van der Waals surface area contributed by atoms with Gasteiger partial charge < -0.3 is 24.8 Å². The van der Waals surface area contributed by atoms with Crippen LogP contribution in [0.4, 0.5) is 0 Å². The first-order valence-corrected chi connectivity index (χ1v) is 12.9. The lowest BCUT2D eigenvalue weighted by molar-refractivity contribution is -0.227. The van der Waals surface area contributed by atoms with Gasteiger partial charge in [-0.05, 0) is 58.9 Å². The lowest BCUT2D eigenvalue weighted by atomic mass is 9.53. The van der Waals surface area contributed by atoms with Crippen LogP contribution in [0.25, 0.3) is 0 Å². The largest absolute Gasteiger partial charge is 0.507 e. The number of aromatic hydroxyl groups is 2. The Hall–Kier alpha value is -2.12. The summed E-state index contributed by atoms with van der Waals surface area (Å²) in [4.78, 5) is 26.8. The summed E-state index contributed by atoms with van der Waals surface area (Å²) in [5.74, 6) is -2.29. The number of carbonyl (C=O) groups is 2. The standard InChI is InChI=1S/C28H40O7/c1-8-14(2)21(30)15(3)16-13-17(29)20-23(32)25-27(6)11-9-18(26(4,5)33)34-19(27)10-12-28(25,7)35-24(20)22(16)31/h13-15,18-19,25,29,31,33H,8-12H2,1-7H3/t14-,15+,18-,19-,25-,27+,28-/m1/s1. The van der Waals surface area contributed by atoms with Crippen LogP contribution in [-0.2, 0) is 9.53 Å². The minimum absolute atomic E-state index is 0.0246. The van der Waals surface area contributed by atoms with Crippen LogP contribution in [0.3, 0.4) is 0 Å². The van der Waals surface area contributed by atoms with Crippen molar-refractivity contribution in [3.8, 4) is 17.2 Å². The molecule has 35 heavy (non-hydrogen) atoms. The zero-order valence-corrected chi connectivity index (χ0v) is 22.0. The number of rotatable bonds is 5. The maximum atomic E-state index is 14.0. The van der Waals surface area contributed by atoms with E-state index in [2.05, 4.69) is 0 Å². The van der Waals surface area contributed by atoms with Crippen LogP contribution in [0.5, 0.6) is 17.2 Å². The maximum Gasteiger partial charge on any atom is 0.178 e. The van der Waals surface area contributed by atoms with Crippen molar-refractivity contribution in [1.82, 2.24) is 0 Å². The SMILES string of the molecule is CC[C@@H](C)C(=O)[C@@H](C)c1cc(O)c2c(c1O)O[C@]1(C)CC[C@H]3O[C@@H](C(C)(C)O)CC[C@]3(C)[C@H]1C2=O. The fourth-order valence-corrected chi connectivity index (χ4v) is 6.70. The second-order valence-corrected chi connectivity index (χ2v) is 12.0. The molecule has 194 valence electrons. The van der Waals surface area contributed by atoms with Gasteiger partial charge in [0.05, 0.1) is 23.7 Å². The summed E-state index contributed by atoms with van der Waals surface area (Å²) in [7, 11) is 0. The quantitative estimate of drug-likeness (QED) is 0.506. The van der Waals surface area contributed by atoms with E-state index >= 15 is 0 Å². The molecule has 4 rings (SSSR count). The van der Waals surface area contributed by atoms with E-state index in [1.165, 1.54) is 6.07 Å². The number of aliphatic hydroxyl groups is 1. The molecule has 2 heterocycles. The van der Waals surface area contributed by atoms with Gasteiger partial charge in [0.25, 0.3) is 0 Å². The predicted octanol–water partition coefficient (Wildman–Crippen LogP) is 4.89. The molecular formula is C28H40O7. The van der Waals surface area contributed by atoms with Crippen LogP contribution in [0.2, 0.25) is 0 Å². The lowest BCUT2D eigenvalue weighted by Crippen LogP contribution is -2.65. The van der Waals surface area contributed by atoms with Crippen LogP contribution in [0.15, 0.2) is 6.07 Å². The fourth-order valence-electron chi connectivity index (χ4n) is 6.70. The average molecular weight is 489 g/mol. The van der Waals surface area contributed by atoms with Crippen molar-refractivity contribution in [2.45, 2.75) is 110 Å². The molecule has 1 saturated carbocycles. The van der Waals surface area contributed by atoms with E-state index in [0.29, 0.717) is 32.1 Å². The molecule has 0 aromatic heterocycles. The molecule has 3 N–H and O–H groups in total. The highest BCUT2D eigenvalue weighted by molar-refractivity contribution is 6.06. The Kier molecular flexibility index (Phi) is 6.29. The Morgan fingerprint density at radius 1 is 1.20 bits per heavy atom. The van der Waals surface area contributed by atoms with Gasteiger partial charge in [0, 0.05) is 22.8 Å². The van der Waals surface area contributed by atoms with Gasteiger partial charge in [-0.2, -0.15) is 0 Å². The van der Waals surface area contributed by atoms with Crippen LogP contribution in [-0.4, -0.2) is 50.3 Å². The van der Waals surface area contributed by atoms with E-state index in [9.17, 15) is 24.9 Å². The molecule has 0 amide bonds. The molecule has 0 radical (unpaired) electrons. The number of phenolic OH excluding ortho intramolecular Hbond substituents is 2. The van der Waals surface area contributed by atoms with E-state index < -0.39 is 28.5 Å². The second-order valence-electron chi connectivity index (χ2n) is 12.0. The number of hydrogen-bond acceptors (Lipinski definition) is 7. The number of fused-ring (bicyclic) bond motifs is 4. The van der Waals surface area contributed by atoms with Gasteiger partial charge in [-0.1, -0.05) is 27.7 Å². The van der Waals surface area contributed by atoms with Crippen LogP contribution < -0.4 is 4.74 Å². The van der Waals surface area contributed by atoms with Crippen molar-refractivity contribution in [2.75, 3.05) is 0 Å². The molecular weight excluding hydrogens is 448 g/mol. The van der Waals surface area contributed by atoms with Crippen molar-refractivity contribution < 1.29 is 34.4 Å². The highest BCUT2D eigenvalue weighted by Crippen LogP contribution is 2.60. The summed E-state index contributed by atoms with van der Waals surface area (Å²) in [5, 5.41) is 32.7. The number of ether oxygens (including phenoxy) is 2. The van der Waals surface area contributed by atoms with Crippen molar-refractivity contribution in [2.24, 2.45) is 17.3 Å². The Labute approximate surface area is 207 Å². The number of hydrogen-bond donors (Lipinski definition) is 3. The van der Waals surface area contributed by atoms with Gasteiger partial charge in [-0.15, -0.1) is 0 Å². The van der Waals surface area contributed by atoms with Gasteiger partial charge >= 0.3 is 0 Å². The summed E-state index contributed by atoms with van der Waals surface area (Å²) < 4.78 is 12.8. The molecule has 2 aliphatic heterocycles. The highest BCUT2D eigenvalue weighted by atomic mass is 16.5. The number of phenols is 2. The molecule has 0 bridgehead atoms. The summed E-state index contributed by atoms with van der Waals surface area (Å²) >= 11 is 0. The molecule has 1 aromatic carbocycles. The summed E-state index contributed by atoms with van der Waals surface area (Å²) in [5.41, 5.74) is -2.18. The molecule has 3 aliphatic rings. The summed E-state index contributed by atoms with van der Waals surface area (Å²) in [6.45, 7) is 12.9. The number of ketones is 2. The molecule has 0 unspecified atom stereocenters. The van der Waals surface area contributed by atoms with Gasteiger partial charge in [0.15, 0.2) is 17.3 Å². The minimum Gasteiger partial charge on any atom is -0.507 e. The fraction of sp³-hybridized carbons (Fsp3) is 0.714. The zero-order chi connectivity index (χ0) is 26.1. The van der Waals surface area contributed by atoms with Crippen molar-refractivity contribution in [1.29, 1.82) is 0 Å². The van der Waals surface area contributed by atoms with E-state index in [1.807, 2.05) is 27.7 Å². The first kappa shape index (κ1) is 26.0. The molecule has 2 fully saturated rings. The predicted molar refractivity (Wildman–Crippen MR) is 131 cm³/mol. The van der Waals surface area contributed by atoms with Crippen LogP contribution in [0.1, 0.15) is 102 Å². The smallest absolute Gasteiger partial charge is 0.178 e. The maximum absolute atomic E-state index is 14.0. The van der Waals surface area contributed by atoms with Gasteiger partial charge in [-0.25, -0.2) is 0 Å². The topological polar surface area (TPSA) is 113 Å². The highest BCUT2D eigenvalue weighted by Gasteiger charge is 2.63. The molecule has 1 aliphatic carbocycles. The monoisotopic (exact) mass is 488 g/mol. The Morgan fingerprint density at radius 3 is 2.46 bits per heavy atom. The third-order valence-corrected chi connectivity index (χ3v) is 9.07. The van der Waals surface area contributed by atoms with E-state index in [0.717, 1.165) is 0 Å². The Morgan fingerprint density at radius 2 is 1.86 bits per heavy atom. The lowest BCUT2D eigenvalue weighted by Gasteiger charge is -2.59. The van der Waals surface area contributed by atoms with Crippen molar-refractivity contribution >= 4 is 11.6 Å². The molecule has 7 atom stereocenters. The zero-order valence-electron chi connectivity index (χ0n) is 22.0. The Balaban J connectivity index is 1.75. The molecule has 0 spiro atoms. The minimum atomic E-state index is -0.981. The molecule has 1 saturated heterocycles. The normalized spacial score (nSPS) is 34.2. The van der Waals surface area contributed by atoms with E-state index in [1.54, 1.807) is 20.8 Å². The molecule has 7 heteroatoms. The summed E-state index contributed by atoms with van der Waals surface area (Å²) in [6.07, 6.45) is 2.56. The average Bonchev–Trinajstić information content (AvgIpc) is 2.77. The third-order valence-electron chi connectivity index (χ3n) is 9.07. The molecule has 7 nitrogen and oxygen atoms in total. The third kappa shape index (κ3) is 3.95. The van der Waals surface area contributed by atoms with Crippen LogP contribution in [0, 0.1) is 17.3 Å². The van der Waals surface area contributed by atoms with Crippen molar-refractivity contribution in [3.05, 3.63) is 17.2 Å². The Bertz CT molecular complexity index is 1040. The first-order chi connectivity index (χ1) is 16.2. The van der Waals surface area contributed by atoms with E-state index in [-0.39, 0.29) is 58.1 Å². The molecule has 1 aromatic rings. The number of carbonyl (C=O) groups excluding carboxylic acids is 2. The van der Waals surface area contributed by atoms with Gasteiger partial charge in [-0.3, -0.25) is 9.59 Å². The number of Topliss-reactive ketones (excluding diaryl/α,β-unsaturated/α-hetero) is 2. The number of benzene rings is 1. The van der Waals surface area contributed by atoms with Gasteiger partial charge in [0.1, 0.15) is 22.7 Å². The van der Waals surface area contributed by atoms with E-state index in [4.69, 9.17) is 9.47 Å².